The molecule has 0 spiro atoms. The summed E-state index contributed by atoms with van der Waals surface area (Å²) in [5.74, 6) is 0.0136. The van der Waals surface area contributed by atoms with E-state index in [2.05, 4.69) is 41.4 Å². The maximum absolute atomic E-state index is 12.1. The van der Waals surface area contributed by atoms with Gasteiger partial charge >= 0.3 is 0 Å². The van der Waals surface area contributed by atoms with E-state index in [0.717, 1.165) is 19.5 Å². The van der Waals surface area contributed by atoms with Gasteiger partial charge in [-0.3, -0.25) is 14.5 Å². The lowest BCUT2D eigenvalue weighted by molar-refractivity contribution is -0.149. The number of carbonyl (C=O) groups excluding carboxylic acids is 2. The number of nitrogens with zero attached hydrogens (tertiary/aromatic N) is 2. The number of aryl methyl sites for hydroxylation is 1. The van der Waals surface area contributed by atoms with E-state index in [1.807, 2.05) is 11.3 Å². The quantitative estimate of drug-likeness (QED) is 0.921. The first-order valence-electron chi connectivity index (χ1n) is 8.46. The first-order valence-corrected chi connectivity index (χ1v) is 9.28. The van der Waals surface area contributed by atoms with E-state index >= 15 is 0 Å². The van der Waals surface area contributed by atoms with Gasteiger partial charge < -0.3 is 10.2 Å². The minimum absolute atomic E-state index is 0.0230. The highest BCUT2D eigenvalue weighted by Gasteiger charge is 2.38. The Morgan fingerprint density at radius 3 is 2.92 bits per heavy atom. The maximum atomic E-state index is 12.1. The van der Waals surface area contributed by atoms with E-state index in [-0.39, 0.29) is 24.4 Å². The van der Waals surface area contributed by atoms with E-state index in [1.54, 1.807) is 4.90 Å². The number of hydrogen-bond donors (Lipinski definition) is 1. The van der Waals surface area contributed by atoms with Crippen molar-refractivity contribution in [3.8, 4) is 0 Å². The van der Waals surface area contributed by atoms with Crippen molar-refractivity contribution in [1.82, 2.24) is 15.1 Å². The lowest BCUT2D eigenvalue weighted by atomic mass is 10.1. The molecule has 2 amide bonds. The number of benzene rings is 1. The third-order valence-electron chi connectivity index (χ3n) is 4.99. The molecule has 0 unspecified atom stereocenters. The zero-order valence-electron chi connectivity index (χ0n) is 13.7. The molecular formula is C18H21N3O2S. The normalized spacial score (nSPS) is 21.9. The van der Waals surface area contributed by atoms with Crippen LogP contribution in [0.5, 0.6) is 0 Å². The molecule has 0 bridgehead atoms. The molecule has 3 heterocycles. The SMILES string of the molecule is CCc1sc2ccccc2c1CN1CCN2C(=O)CNC(=O)[C@@H]2C1. The summed E-state index contributed by atoms with van der Waals surface area (Å²) >= 11 is 1.87. The van der Waals surface area contributed by atoms with Crippen LogP contribution >= 0.6 is 11.3 Å². The Balaban J connectivity index is 1.58. The van der Waals surface area contributed by atoms with E-state index in [9.17, 15) is 9.59 Å². The van der Waals surface area contributed by atoms with Crippen molar-refractivity contribution in [2.75, 3.05) is 26.2 Å². The van der Waals surface area contributed by atoms with Crippen LogP contribution in [-0.4, -0.2) is 53.8 Å². The average molecular weight is 343 g/mol. The van der Waals surface area contributed by atoms with Crippen LogP contribution in [0.2, 0.25) is 0 Å². The third-order valence-corrected chi connectivity index (χ3v) is 6.34. The van der Waals surface area contributed by atoms with Gasteiger partial charge in [0.2, 0.25) is 11.8 Å². The smallest absolute Gasteiger partial charge is 0.244 e. The fourth-order valence-electron chi connectivity index (χ4n) is 3.72. The largest absolute Gasteiger partial charge is 0.345 e. The second-order valence-electron chi connectivity index (χ2n) is 6.41. The molecule has 0 saturated carbocycles. The number of rotatable bonds is 3. The molecule has 0 radical (unpaired) electrons. The van der Waals surface area contributed by atoms with E-state index in [0.29, 0.717) is 13.1 Å². The molecular weight excluding hydrogens is 322 g/mol. The summed E-state index contributed by atoms with van der Waals surface area (Å²) < 4.78 is 1.33. The summed E-state index contributed by atoms with van der Waals surface area (Å²) in [4.78, 5) is 29.6. The van der Waals surface area contributed by atoms with Crippen LogP contribution in [-0.2, 0) is 22.6 Å². The zero-order chi connectivity index (χ0) is 16.7. The molecule has 0 aliphatic carbocycles. The number of piperazine rings is 2. The molecule has 1 atom stereocenters. The minimum atomic E-state index is -0.338. The molecule has 1 aromatic heterocycles. The summed E-state index contributed by atoms with van der Waals surface area (Å²) in [5, 5.41) is 4.03. The zero-order valence-corrected chi connectivity index (χ0v) is 14.6. The number of nitrogens with one attached hydrogen (secondary N) is 1. The first-order chi connectivity index (χ1) is 11.7. The Labute approximate surface area is 145 Å². The van der Waals surface area contributed by atoms with Gasteiger partial charge in [-0.1, -0.05) is 25.1 Å². The Morgan fingerprint density at radius 2 is 2.08 bits per heavy atom. The second-order valence-corrected chi connectivity index (χ2v) is 7.55. The van der Waals surface area contributed by atoms with E-state index in [1.165, 1.54) is 20.5 Å². The van der Waals surface area contributed by atoms with Crippen LogP contribution in [0.1, 0.15) is 17.4 Å². The molecule has 5 nitrogen and oxygen atoms in total. The van der Waals surface area contributed by atoms with Crippen molar-refractivity contribution in [2.45, 2.75) is 25.9 Å². The van der Waals surface area contributed by atoms with Gasteiger partial charge in [0.15, 0.2) is 0 Å². The molecule has 24 heavy (non-hydrogen) atoms. The van der Waals surface area contributed by atoms with Crippen molar-refractivity contribution in [3.63, 3.8) is 0 Å². The first kappa shape index (κ1) is 15.6. The van der Waals surface area contributed by atoms with E-state index < -0.39 is 0 Å². The Kier molecular flexibility index (Phi) is 4.02. The fourth-order valence-corrected chi connectivity index (χ4v) is 4.88. The van der Waals surface area contributed by atoms with Gasteiger partial charge in [0, 0.05) is 35.8 Å². The highest BCUT2D eigenvalue weighted by Crippen LogP contribution is 2.33. The predicted molar refractivity (Wildman–Crippen MR) is 95.0 cm³/mol. The molecule has 6 heteroatoms. The van der Waals surface area contributed by atoms with Gasteiger partial charge in [-0.15, -0.1) is 11.3 Å². The van der Waals surface area contributed by atoms with Gasteiger partial charge in [0.05, 0.1) is 6.54 Å². The Bertz CT molecular complexity index is 801. The molecule has 2 aromatic rings. The highest BCUT2D eigenvalue weighted by atomic mass is 32.1. The molecule has 2 fully saturated rings. The molecule has 1 N–H and O–H groups in total. The molecule has 2 aliphatic heterocycles. The molecule has 2 aliphatic rings. The maximum Gasteiger partial charge on any atom is 0.244 e. The van der Waals surface area contributed by atoms with Gasteiger partial charge in [0.25, 0.3) is 0 Å². The highest BCUT2D eigenvalue weighted by molar-refractivity contribution is 7.19. The average Bonchev–Trinajstić information content (AvgIpc) is 2.96. The lowest BCUT2D eigenvalue weighted by Crippen LogP contribution is -2.65. The van der Waals surface area contributed by atoms with Crippen LogP contribution in [0.25, 0.3) is 10.1 Å². The number of carbonyl (C=O) groups is 2. The Morgan fingerprint density at radius 1 is 1.25 bits per heavy atom. The monoisotopic (exact) mass is 343 g/mol. The molecule has 2 saturated heterocycles. The molecule has 4 rings (SSSR count). The van der Waals surface area contributed by atoms with Gasteiger partial charge in [-0.05, 0) is 23.4 Å². The second kappa shape index (κ2) is 6.18. The molecule has 1 aromatic carbocycles. The van der Waals surface area contributed by atoms with Crippen molar-refractivity contribution in [3.05, 3.63) is 34.7 Å². The summed E-state index contributed by atoms with van der Waals surface area (Å²) in [6, 6.07) is 8.19. The number of hydrogen-bond acceptors (Lipinski definition) is 4. The van der Waals surface area contributed by atoms with E-state index in [4.69, 9.17) is 0 Å². The topological polar surface area (TPSA) is 52.6 Å². The van der Waals surface area contributed by atoms with Crippen LogP contribution in [0.3, 0.4) is 0 Å². The third kappa shape index (κ3) is 2.59. The van der Waals surface area contributed by atoms with Gasteiger partial charge in [-0.25, -0.2) is 0 Å². The van der Waals surface area contributed by atoms with Crippen LogP contribution < -0.4 is 5.32 Å². The molecule has 126 valence electrons. The number of amides is 2. The fraction of sp³-hybridized carbons (Fsp3) is 0.444. The van der Waals surface area contributed by atoms with Crippen LogP contribution in [0, 0.1) is 0 Å². The van der Waals surface area contributed by atoms with Crippen molar-refractivity contribution < 1.29 is 9.59 Å². The standard InChI is InChI=1S/C18H21N3O2S/c1-2-15-13(12-5-3-4-6-16(12)24-15)10-20-7-8-21-14(11-20)18(23)19-9-17(21)22/h3-6,14H,2,7-11H2,1H3,(H,19,23)/t14-/m0/s1. The number of fused-ring (bicyclic) bond motifs is 2. The minimum Gasteiger partial charge on any atom is -0.345 e. The van der Waals surface area contributed by atoms with Crippen molar-refractivity contribution >= 4 is 33.2 Å². The summed E-state index contributed by atoms with van der Waals surface area (Å²) in [6.07, 6.45) is 1.02. The van der Waals surface area contributed by atoms with Crippen molar-refractivity contribution in [1.29, 1.82) is 0 Å². The summed E-state index contributed by atoms with van der Waals surface area (Å²) in [6.45, 7) is 5.26. The van der Waals surface area contributed by atoms with Crippen LogP contribution in [0.15, 0.2) is 24.3 Å². The number of thiophene rings is 1. The lowest BCUT2D eigenvalue weighted by Gasteiger charge is -2.43. The van der Waals surface area contributed by atoms with Gasteiger partial charge in [-0.2, -0.15) is 0 Å². The summed E-state index contributed by atoms with van der Waals surface area (Å²) in [5.41, 5.74) is 1.38. The summed E-state index contributed by atoms with van der Waals surface area (Å²) in [7, 11) is 0. The predicted octanol–water partition coefficient (Wildman–Crippen LogP) is 1.61. The Hall–Kier alpha value is -1.92. The van der Waals surface area contributed by atoms with Gasteiger partial charge in [0.1, 0.15) is 6.04 Å². The van der Waals surface area contributed by atoms with Crippen LogP contribution in [0.4, 0.5) is 0 Å². The van der Waals surface area contributed by atoms with Crippen molar-refractivity contribution in [2.24, 2.45) is 0 Å².